The van der Waals surface area contributed by atoms with Crippen LogP contribution in [0.1, 0.15) is 114 Å². The molecule has 0 amide bonds. The normalized spacial score (nSPS) is 33.3. The Bertz CT molecular complexity index is 1410. The monoisotopic (exact) mass is 678 g/mol. The number of esters is 1. The molecule has 6 atom stereocenters. The maximum atomic E-state index is 13.1. The topological polar surface area (TPSA) is 117 Å². The molecule has 7 heteroatoms. The summed E-state index contributed by atoms with van der Waals surface area (Å²) in [7, 11) is 0. The van der Waals surface area contributed by atoms with Crippen molar-refractivity contribution in [3.05, 3.63) is 83.1 Å². The van der Waals surface area contributed by atoms with E-state index in [4.69, 9.17) is 14.6 Å². The summed E-state index contributed by atoms with van der Waals surface area (Å²) in [5.41, 5.74) is 1.29. The summed E-state index contributed by atoms with van der Waals surface area (Å²) in [6, 6.07) is 0. The van der Waals surface area contributed by atoms with E-state index in [0.29, 0.717) is 43.6 Å². The Labute approximate surface area is 295 Å². The zero-order valence-corrected chi connectivity index (χ0v) is 31.6. The van der Waals surface area contributed by atoms with Crippen molar-refractivity contribution in [1.82, 2.24) is 0 Å². The lowest BCUT2D eigenvalue weighted by atomic mass is 9.61. The number of ether oxygens (including phenoxy) is 2. The van der Waals surface area contributed by atoms with Crippen molar-refractivity contribution < 1.29 is 34.4 Å². The van der Waals surface area contributed by atoms with E-state index < -0.39 is 35.5 Å². The maximum absolute atomic E-state index is 13.1. The van der Waals surface area contributed by atoms with Gasteiger partial charge in [-0.25, -0.2) is 4.79 Å². The smallest absolute Gasteiger partial charge is 0.332 e. The fourth-order valence-corrected chi connectivity index (χ4v) is 8.22. The van der Waals surface area contributed by atoms with E-state index in [9.17, 15) is 19.8 Å². The molecule has 3 fully saturated rings. The molecular formula is C42H62O7. The maximum Gasteiger partial charge on any atom is 0.332 e. The molecule has 0 spiro atoms. The van der Waals surface area contributed by atoms with E-state index in [1.165, 1.54) is 0 Å². The van der Waals surface area contributed by atoms with Crippen LogP contribution >= 0.6 is 0 Å². The Morgan fingerprint density at radius 2 is 1.53 bits per heavy atom. The number of fused-ring (bicyclic) bond motifs is 1. The molecule has 49 heavy (non-hydrogen) atoms. The number of aliphatic hydroxyl groups is 3. The van der Waals surface area contributed by atoms with Gasteiger partial charge in [0.15, 0.2) is 5.78 Å². The molecule has 0 bridgehead atoms. The summed E-state index contributed by atoms with van der Waals surface area (Å²) in [5, 5.41) is 30.5. The lowest BCUT2D eigenvalue weighted by Crippen LogP contribution is -2.48. The lowest BCUT2D eigenvalue weighted by molar-refractivity contribution is -0.158. The average molecular weight is 679 g/mol. The second-order valence-corrected chi connectivity index (χ2v) is 16.6. The predicted molar refractivity (Wildman–Crippen MR) is 197 cm³/mol. The van der Waals surface area contributed by atoms with Gasteiger partial charge in [-0.1, -0.05) is 107 Å². The highest BCUT2D eigenvalue weighted by atomic mass is 16.6. The van der Waals surface area contributed by atoms with Gasteiger partial charge in [-0.2, -0.15) is 0 Å². The number of hydrogen-bond acceptors (Lipinski definition) is 7. The first kappa shape index (κ1) is 40.6. The van der Waals surface area contributed by atoms with Crippen molar-refractivity contribution in [2.75, 3.05) is 6.61 Å². The molecule has 3 aliphatic rings. The second kappa shape index (κ2) is 16.0. The molecule has 2 aliphatic carbocycles. The second-order valence-electron chi connectivity index (χ2n) is 16.6. The van der Waals surface area contributed by atoms with E-state index in [1.54, 1.807) is 6.92 Å². The zero-order chi connectivity index (χ0) is 36.8. The van der Waals surface area contributed by atoms with E-state index >= 15 is 0 Å². The van der Waals surface area contributed by atoms with Gasteiger partial charge in [0.1, 0.15) is 18.3 Å². The molecule has 1 aliphatic heterocycles. The third-order valence-electron chi connectivity index (χ3n) is 10.8. The summed E-state index contributed by atoms with van der Waals surface area (Å²) >= 11 is 0. The molecule has 3 rings (SSSR count). The number of aliphatic hydroxyl groups excluding tert-OH is 2. The third kappa shape index (κ3) is 10.3. The first-order chi connectivity index (χ1) is 22.7. The standard InChI is InChI=1S/C42H62O7/c1-29(17-13-18-31(3)21-22-36-38(5,6)25-34(26-40(36,9)47)48-37(46)28-43)15-11-12-16-30(2)19-14-20-32(4)35(45)27-42-39(7,8)23-33(44)24-41(42,10)49-42/h11-17,19-20,22,31,33-34,43-44,47H,18,21,23-28H2,1-10H3/b12-11+,17-13+,19-14+,29-15+,30-16+,32-20+,36-22?/t31?,33-,34-,40+,41+,42-/m0/s1. The highest BCUT2D eigenvalue weighted by Gasteiger charge is 2.76. The van der Waals surface area contributed by atoms with Gasteiger partial charge in [-0.15, -0.1) is 0 Å². The van der Waals surface area contributed by atoms with Crippen LogP contribution in [0.4, 0.5) is 0 Å². The summed E-state index contributed by atoms with van der Waals surface area (Å²) in [6.45, 7) is 19.6. The highest BCUT2D eigenvalue weighted by molar-refractivity contribution is 5.96. The van der Waals surface area contributed by atoms with Crippen LogP contribution in [-0.4, -0.2) is 62.7 Å². The summed E-state index contributed by atoms with van der Waals surface area (Å²) in [4.78, 5) is 24.7. The number of carbonyl (C=O) groups excluding carboxylic acids is 2. The molecule has 272 valence electrons. The molecule has 1 heterocycles. The SMILES string of the molecule is CC(/C=C/C=C(\C)C(=O)C[C@@]12O[C@]1(C)C[C@@H](O)CC2(C)C)=C\C=C\C=C(C)\C=C\CC(C)CC=C1C(C)(C)C[C@H](OC(=O)CO)C[C@@]1(C)O. The van der Waals surface area contributed by atoms with Crippen LogP contribution < -0.4 is 0 Å². The largest absolute Gasteiger partial charge is 0.461 e. The average Bonchev–Trinajstić information content (AvgIpc) is 3.58. The molecule has 0 aromatic rings. The fourth-order valence-electron chi connectivity index (χ4n) is 8.22. The van der Waals surface area contributed by atoms with Crippen LogP contribution in [-0.2, 0) is 19.1 Å². The van der Waals surface area contributed by atoms with Gasteiger partial charge in [0.05, 0.1) is 17.3 Å². The van der Waals surface area contributed by atoms with Gasteiger partial charge in [0.2, 0.25) is 0 Å². The van der Waals surface area contributed by atoms with Gasteiger partial charge in [0, 0.05) is 19.3 Å². The number of ketones is 1. The van der Waals surface area contributed by atoms with Gasteiger partial charge >= 0.3 is 5.97 Å². The molecule has 1 saturated heterocycles. The van der Waals surface area contributed by atoms with Crippen molar-refractivity contribution in [2.45, 2.75) is 143 Å². The number of allylic oxidation sites excluding steroid dienone is 13. The van der Waals surface area contributed by atoms with Gasteiger partial charge in [-0.3, -0.25) is 4.79 Å². The lowest BCUT2D eigenvalue weighted by Gasteiger charge is -2.46. The minimum Gasteiger partial charge on any atom is -0.461 e. The first-order valence-electron chi connectivity index (χ1n) is 17.9. The van der Waals surface area contributed by atoms with Gasteiger partial charge in [0.25, 0.3) is 0 Å². The van der Waals surface area contributed by atoms with Crippen molar-refractivity contribution >= 4 is 11.8 Å². The van der Waals surface area contributed by atoms with Crippen molar-refractivity contribution in [3.8, 4) is 0 Å². The molecule has 3 N–H and O–H groups in total. The van der Waals surface area contributed by atoms with Crippen molar-refractivity contribution in [1.29, 1.82) is 0 Å². The Kier molecular flexibility index (Phi) is 13.3. The zero-order valence-electron chi connectivity index (χ0n) is 31.6. The van der Waals surface area contributed by atoms with Crippen LogP contribution in [0.25, 0.3) is 0 Å². The quantitative estimate of drug-likeness (QED) is 0.0561. The molecule has 1 unspecified atom stereocenters. The van der Waals surface area contributed by atoms with Crippen LogP contribution in [0.5, 0.6) is 0 Å². The molecule has 0 radical (unpaired) electrons. The van der Waals surface area contributed by atoms with Crippen molar-refractivity contribution in [3.63, 3.8) is 0 Å². The molecule has 2 saturated carbocycles. The number of carbonyl (C=O) groups is 2. The van der Waals surface area contributed by atoms with Gasteiger partial charge < -0.3 is 24.8 Å². The Morgan fingerprint density at radius 1 is 0.898 bits per heavy atom. The number of hydrogen-bond donors (Lipinski definition) is 3. The summed E-state index contributed by atoms with van der Waals surface area (Å²) < 4.78 is 11.5. The first-order valence-corrected chi connectivity index (χ1v) is 17.9. The number of epoxide rings is 1. The van der Waals surface area contributed by atoms with Crippen molar-refractivity contribution in [2.24, 2.45) is 16.7 Å². The van der Waals surface area contributed by atoms with E-state index in [-0.39, 0.29) is 22.7 Å². The van der Waals surface area contributed by atoms with E-state index in [1.807, 2.05) is 57.2 Å². The third-order valence-corrected chi connectivity index (χ3v) is 10.8. The Morgan fingerprint density at radius 3 is 2.12 bits per heavy atom. The minimum absolute atomic E-state index is 0.0832. The summed E-state index contributed by atoms with van der Waals surface area (Å²) in [6.07, 6.45) is 23.8. The molecule has 0 aromatic heterocycles. The molecular weight excluding hydrogens is 616 g/mol. The fraction of sp³-hybridized carbons (Fsp3) is 0.619. The number of Topliss-reactive ketones (excluding diaryl/α,β-unsaturated/α-hetero) is 1. The molecule has 7 nitrogen and oxygen atoms in total. The van der Waals surface area contributed by atoms with Crippen LogP contribution in [0.15, 0.2) is 83.1 Å². The van der Waals surface area contributed by atoms with Gasteiger partial charge in [-0.05, 0) is 88.2 Å². The van der Waals surface area contributed by atoms with E-state index in [2.05, 4.69) is 65.8 Å². The van der Waals surface area contributed by atoms with Crippen LogP contribution in [0.2, 0.25) is 0 Å². The Balaban J connectivity index is 1.46. The number of rotatable bonds is 14. The predicted octanol–water partition coefficient (Wildman–Crippen LogP) is 7.98. The van der Waals surface area contributed by atoms with Crippen LogP contribution in [0.3, 0.4) is 0 Å². The van der Waals surface area contributed by atoms with E-state index in [0.717, 1.165) is 29.6 Å². The minimum atomic E-state index is -1.08. The summed E-state index contributed by atoms with van der Waals surface area (Å²) in [5.74, 6) is -0.180. The Hall–Kier alpha value is -2.84. The highest BCUT2D eigenvalue weighted by Crippen LogP contribution is 2.67. The van der Waals surface area contributed by atoms with Crippen LogP contribution in [0, 0.1) is 16.7 Å². The molecule has 0 aromatic carbocycles.